The molecule has 1 aliphatic rings. The van der Waals surface area contributed by atoms with Crippen LogP contribution in [-0.2, 0) is 4.74 Å². The summed E-state index contributed by atoms with van der Waals surface area (Å²) in [7, 11) is 0. The van der Waals surface area contributed by atoms with Gasteiger partial charge in [-0.05, 0) is 36.5 Å². The molecule has 0 aliphatic carbocycles. The number of halogens is 1. The van der Waals surface area contributed by atoms with Gasteiger partial charge in [0.15, 0.2) is 0 Å². The first-order valence-electron chi connectivity index (χ1n) is 7.19. The largest absolute Gasteiger partial charge is 0.374 e. The highest BCUT2D eigenvalue weighted by Gasteiger charge is 2.28. The van der Waals surface area contributed by atoms with Gasteiger partial charge in [0, 0.05) is 0 Å². The molecule has 1 fully saturated rings. The van der Waals surface area contributed by atoms with Crippen molar-refractivity contribution in [2.45, 2.75) is 36.8 Å². The molecule has 2 heteroatoms. The minimum absolute atomic E-state index is 0.289. The van der Waals surface area contributed by atoms with Crippen LogP contribution in [0.4, 0.5) is 0 Å². The molecule has 1 aliphatic heterocycles. The van der Waals surface area contributed by atoms with Crippen molar-refractivity contribution in [2.24, 2.45) is 0 Å². The van der Waals surface area contributed by atoms with Crippen molar-refractivity contribution in [3.8, 4) is 11.1 Å². The third-order valence-corrected chi connectivity index (χ3v) is 5.05. The van der Waals surface area contributed by atoms with Crippen molar-refractivity contribution in [1.82, 2.24) is 0 Å². The first kappa shape index (κ1) is 13.8. The van der Waals surface area contributed by atoms with Crippen molar-refractivity contribution in [2.75, 3.05) is 0 Å². The van der Waals surface area contributed by atoms with E-state index in [1.54, 1.807) is 0 Å². The van der Waals surface area contributed by atoms with Gasteiger partial charge in [-0.25, -0.2) is 0 Å². The predicted octanol–water partition coefficient (Wildman–Crippen LogP) is 5.36. The Morgan fingerprint density at radius 2 is 1.60 bits per heavy atom. The highest BCUT2D eigenvalue weighted by molar-refractivity contribution is 9.09. The molecule has 0 radical (unpaired) electrons. The lowest BCUT2D eigenvalue weighted by atomic mass is 10.0. The summed E-state index contributed by atoms with van der Waals surface area (Å²) in [4.78, 5) is 0.289. The lowest BCUT2D eigenvalue weighted by Crippen LogP contribution is -2.14. The average molecular weight is 331 g/mol. The van der Waals surface area contributed by atoms with Crippen molar-refractivity contribution in [3.05, 3.63) is 60.2 Å². The lowest BCUT2D eigenvalue weighted by molar-refractivity contribution is 0.0557. The van der Waals surface area contributed by atoms with E-state index in [1.807, 2.05) is 6.07 Å². The van der Waals surface area contributed by atoms with Crippen molar-refractivity contribution in [1.29, 1.82) is 0 Å². The Bertz CT molecular complexity index is 549. The standard InChI is InChI=1S/C18H19BrO/c1-13-7-12-17(20-13)18(19)16-10-8-15(9-11-16)14-5-3-2-4-6-14/h2-6,8-11,13,17-18H,7,12H2,1H3. The summed E-state index contributed by atoms with van der Waals surface area (Å²) in [5.74, 6) is 0. The van der Waals surface area contributed by atoms with E-state index in [4.69, 9.17) is 4.74 Å². The second kappa shape index (κ2) is 6.11. The van der Waals surface area contributed by atoms with Crippen LogP contribution in [0, 0.1) is 0 Å². The van der Waals surface area contributed by atoms with Crippen LogP contribution >= 0.6 is 15.9 Å². The summed E-state index contributed by atoms with van der Waals surface area (Å²) in [6, 6.07) is 19.3. The Balaban J connectivity index is 1.76. The molecule has 0 N–H and O–H groups in total. The zero-order valence-corrected chi connectivity index (χ0v) is 13.2. The van der Waals surface area contributed by atoms with Gasteiger partial charge in [-0.15, -0.1) is 0 Å². The maximum atomic E-state index is 5.95. The lowest BCUT2D eigenvalue weighted by Gasteiger charge is -2.18. The number of rotatable bonds is 3. The fraction of sp³-hybridized carbons (Fsp3) is 0.333. The van der Waals surface area contributed by atoms with E-state index in [0.29, 0.717) is 12.2 Å². The molecule has 2 aromatic carbocycles. The quantitative estimate of drug-likeness (QED) is 0.688. The second-order valence-corrected chi connectivity index (χ2v) is 6.44. The molecule has 0 aromatic heterocycles. The van der Waals surface area contributed by atoms with E-state index in [-0.39, 0.29) is 4.83 Å². The van der Waals surface area contributed by atoms with E-state index in [2.05, 4.69) is 71.4 Å². The molecule has 20 heavy (non-hydrogen) atoms. The van der Waals surface area contributed by atoms with Crippen LogP contribution in [0.2, 0.25) is 0 Å². The van der Waals surface area contributed by atoms with E-state index < -0.39 is 0 Å². The Labute approximate surface area is 129 Å². The van der Waals surface area contributed by atoms with Crippen LogP contribution in [0.1, 0.15) is 30.2 Å². The molecule has 3 atom stereocenters. The number of hydrogen-bond donors (Lipinski definition) is 0. The van der Waals surface area contributed by atoms with E-state index in [9.17, 15) is 0 Å². The molecule has 1 saturated heterocycles. The molecule has 1 nitrogen and oxygen atoms in total. The van der Waals surface area contributed by atoms with Gasteiger partial charge in [-0.2, -0.15) is 0 Å². The third kappa shape index (κ3) is 2.97. The molecule has 0 amide bonds. The Morgan fingerprint density at radius 3 is 2.20 bits per heavy atom. The fourth-order valence-corrected chi connectivity index (χ4v) is 3.45. The van der Waals surface area contributed by atoms with E-state index in [0.717, 1.165) is 12.8 Å². The molecule has 3 rings (SSSR count). The first-order chi connectivity index (χ1) is 9.74. The minimum Gasteiger partial charge on any atom is -0.374 e. The molecule has 0 spiro atoms. The highest BCUT2D eigenvalue weighted by atomic mass is 79.9. The summed E-state index contributed by atoms with van der Waals surface area (Å²) >= 11 is 3.80. The zero-order chi connectivity index (χ0) is 13.9. The van der Waals surface area contributed by atoms with Crippen LogP contribution in [0.25, 0.3) is 11.1 Å². The van der Waals surface area contributed by atoms with Crippen LogP contribution in [0.15, 0.2) is 54.6 Å². The molecule has 104 valence electrons. The first-order valence-corrected chi connectivity index (χ1v) is 8.10. The van der Waals surface area contributed by atoms with Gasteiger partial charge in [0.1, 0.15) is 0 Å². The van der Waals surface area contributed by atoms with Crippen LogP contribution in [0.5, 0.6) is 0 Å². The molecule has 0 bridgehead atoms. The maximum Gasteiger partial charge on any atom is 0.0745 e. The third-order valence-electron chi connectivity index (χ3n) is 3.93. The van der Waals surface area contributed by atoms with Gasteiger partial charge in [0.05, 0.1) is 17.0 Å². The van der Waals surface area contributed by atoms with Crippen molar-refractivity contribution >= 4 is 15.9 Å². The monoisotopic (exact) mass is 330 g/mol. The SMILES string of the molecule is CC1CCC(C(Br)c2ccc(-c3ccccc3)cc2)O1. The van der Waals surface area contributed by atoms with Gasteiger partial charge in [0.25, 0.3) is 0 Å². The minimum atomic E-state index is 0.289. The summed E-state index contributed by atoms with van der Waals surface area (Å²) in [6.45, 7) is 2.15. The molecule has 0 saturated carbocycles. The highest BCUT2D eigenvalue weighted by Crippen LogP contribution is 2.36. The molecule has 3 unspecified atom stereocenters. The molecule has 2 aromatic rings. The Kier molecular flexibility index (Phi) is 4.23. The number of benzene rings is 2. The average Bonchev–Trinajstić information content (AvgIpc) is 2.94. The van der Waals surface area contributed by atoms with Crippen molar-refractivity contribution < 1.29 is 4.74 Å². The summed E-state index contributed by atoms with van der Waals surface area (Å²) in [5, 5.41) is 0. The van der Waals surface area contributed by atoms with Gasteiger partial charge in [-0.1, -0.05) is 70.5 Å². The normalized spacial score (nSPS) is 23.7. The van der Waals surface area contributed by atoms with Gasteiger partial charge in [-0.3, -0.25) is 0 Å². The van der Waals surface area contributed by atoms with Gasteiger partial charge < -0.3 is 4.74 Å². The van der Waals surface area contributed by atoms with E-state index >= 15 is 0 Å². The van der Waals surface area contributed by atoms with Gasteiger partial charge >= 0.3 is 0 Å². The Hall–Kier alpha value is -1.12. The van der Waals surface area contributed by atoms with Crippen LogP contribution in [-0.4, -0.2) is 12.2 Å². The number of hydrogen-bond acceptors (Lipinski definition) is 1. The number of ether oxygens (including phenoxy) is 1. The van der Waals surface area contributed by atoms with Gasteiger partial charge in [0.2, 0.25) is 0 Å². The summed E-state index contributed by atoms with van der Waals surface area (Å²) < 4.78 is 5.95. The second-order valence-electron chi connectivity index (χ2n) is 5.45. The smallest absolute Gasteiger partial charge is 0.0745 e. The van der Waals surface area contributed by atoms with E-state index in [1.165, 1.54) is 16.7 Å². The molecule has 1 heterocycles. The maximum absolute atomic E-state index is 5.95. The molecular formula is C18H19BrO. The predicted molar refractivity (Wildman–Crippen MR) is 87.1 cm³/mol. The summed E-state index contributed by atoms with van der Waals surface area (Å²) in [5.41, 5.74) is 3.81. The van der Waals surface area contributed by atoms with Crippen LogP contribution in [0.3, 0.4) is 0 Å². The zero-order valence-electron chi connectivity index (χ0n) is 11.6. The molecular weight excluding hydrogens is 312 g/mol. The topological polar surface area (TPSA) is 9.23 Å². The number of alkyl halides is 1. The van der Waals surface area contributed by atoms with Crippen molar-refractivity contribution in [3.63, 3.8) is 0 Å². The Morgan fingerprint density at radius 1 is 0.950 bits per heavy atom. The summed E-state index contributed by atoms with van der Waals surface area (Å²) in [6.07, 6.45) is 2.99. The van der Waals surface area contributed by atoms with Crippen LogP contribution < -0.4 is 0 Å². The fourth-order valence-electron chi connectivity index (χ4n) is 2.75.